The van der Waals surface area contributed by atoms with E-state index in [9.17, 15) is 22.0 Å². The van der Waals surface area contributed by atoms with Gasteiger partial charge in [-0.3, -0.25) is 23.9 Å². The van der Waals surface area contributed by atoms with Gasteiger partial charge in [-0.2, -0.15) is 13.5 Å². The van der Waals surface area contributed by atoms with Crippen LogP contribution in [0, 0.1) is 0 Å². The lowest BCUT2D eigenvalue weighted by Crippen LogP contribution is -2.55. The van der Waals surface area contributed by atoms with Crippen molar-refractivity contribution in [2.75, 3.05) is 24.7 Å². The number of rotatable bonds is 7. The second kappa shape index (κ2) is 10.9. The van der Waals surface area contributed by atoms with Gasteiger partial charge in [0.25, 0.3) is 16.0 Å². The number of carbonyl (C=O) groups excluding carboxylic acids is 1. The first kappa shape index (κ1) is 26.6. The zero-order valence-electron chi connectivity index (χ0n) is 20.1. The zero-order chi connectivity index (χ0) is 26.6. The SMILES string of the molecule is CS(=O)(=O)O.O=C(C=Cc1cnccc1-c1cnn(C2CC2)c1)Nc1ccc(CN2CC(F)(F)C2)cc1. The maximum atomic E-state index is 12.9. The largest absolute Gasteiger partial charge is 0.323 e. The van der Waals surface area contributed by atoms with Crippen molar-refractivity contribution >= 4 is 27.8 Å². The summed E-state index contributed by atoms with van der Waals surface area (Å²) in [5.41, 5.74) is 4.38. The van der Waals surface area contributed by atoms with Crippen LogP contribution in [0.3, 0.4) is 0 Å². The van der Waals surface area contributed by atoms with Crippen LogP contribution in [0.15, 0.2) is 61.2 Å². The lowest BCUT2D eigenvalue weighted by Gasteiger charge is -2.38. The number of pyridine rings is 1. The van der Waals surface area contributed by atoms with Crippen LogP contribution in [0.1, 0.15) is 30.0 Å². The van der Waals surface area contributed by atoms with Crippen molar-refractivity contribution in [1.29, 1.82) is 0 Å². The van der Waals surface area contributed by atoms with Gasteiger partial charge in [0, 0.05) is 48.0 Å². The molecule has 0 bridgehead atoms. The molecule has 1 saturated carbocycles. The topological polar surface area (TPSA) is 117 Å². The van der Waals surface area contributed by atoms with Crippen molar-refractivity contribution in [3.8, 4) is 11.1 Å². The summed E-state index contributed by atoms with van der Waals surface area (Å²) in [6.45, 7) is 0.0762. The van der Waals surface area contributed by atoms with Crippen LogP contribution in [0.4, 0.5) is 14.5 Å². The number of benzene rings is 1. The third-order valence-electron chi connectivity index (χ3n) is 5.64. The minimum Gasteiger partial charge on any atom is -0.323 e. The molecule has 1 aliphatic carbocycles. The first-order valence-electron chi connectivity index (χ1n) is 11.5. The van der Waals surface area contributed by atoms with Gasteiger partial charge in [-0.1, -0.05) is 12.1 Å². The van der Waals surface area contributed by atoms with Gasteiger partial charge in [-0.25, -0.2) is 8.78 Å². The van der Waals surface area contributed by atoms with Gasteiger partial charge in [-0.15, -0.1) is 0 Å². The molecule has 12 heteroatoms. The minimum absolute atomic E-state index is 0.200. The Balaban J connectivity index is 0.000000586. The number of anilines is 1. The van der Waals surface area contributed by atoms with E-state index in [0.717, 1.165) is 22.3 Å². The molecule has 1 aliphatic heterocycles. The molecule has 3 aromatic rings. The highest BCUT2D eigenvalue weighted by molar-refractivity contribution is 7.85. The van der Waals surface area contributed by atoms with E-state index < -0.39 is 16.0 Å². The summed E-state index contributed by atoms with van der Waals surface area (Å²) >= 11 is 0. The van der Waals surface area contributed by atoms with E-state index in [2.05, 4.69) is 15.4 Å². The highest BCUT2D eigenvalue weighted by Crippen LogP contribution is 2.35. The summed E-state index contributed by atoms with van der Waals surface area (Å²) in [6, 6.07) is 9.66. The molecule has 0 radical (unpaired) electrons. The van der Waals surface area contributed by atoms with E-state index in [1.165, 1.54) is 18.9 Å². The van der Waals surface area contributed by atoms with Crippen molar-refractivity contribution < 1.29 is 26.5 Å². The van der Waals surface area contributed by atoms with Gasteiger partial charge in [-0.05, 0) is 48.2 Å². The average molecular weight is 532 g/mol. The van der Waals surface area contributed by atoms with Crippen LogP contribution in [0.5, 0.6) is 0 Å². The normalized spacial score (nSPS) is 17.1. The van der Waals surface area contributed by atoms with E-state index >= 15 is 0 Å². The Hall–Kier alpha value is -3.48. The van der Waals surface area contributed by atoms with Crippen LogP contribution in [-0.4, -0.2) is 63.8 Å². The van der Waals surface area contributed by atoms with Crippen LogP contribution in [-0.2, 0) is 21.5 Å². The number of aromatic nitrogens is 3. The van der Waals surface area contributed by atoms with Crippen LogP contribution in [0.25, 0.3) is 17.2 Å². The molecule has 2 fully saturated rings. The van der Waals surface area contributed by atoms with Crippen molar-refractivity contribution in [2.45, 2.75) is 31.4 Å². The Morgan fingerprint density at radius 1 is 1.19 bits per heavy atom. The lowest BCUT2D eigenvalue weighted by molar-refractivity contribution is -0.133. The van der Waals surface area contributed by atoms with Gasteiger partial charge < -0.3 is 5.32 Å². The number of hydrogen-bond donors (Lipinski definition) is 2. The molecule has 37 heavy (non-hydrogen) atoms. The third kappa shape index (κ3) is 8.27. The second-order valence-electron chi connectivity index (χ2n) is 9.16. The van der Waals surface area contributed by atoms with Gasteiger partial charge in [0.15, 0.2) is 0 Å². The van der Waals surface area contributed by atoms with Gasteiger partial charge in [0.05, 0.1) is 31.6 Å². The fraction of sp³-hybridized carbons (Fsp3) is 0.320. The molecule has 2 aromatic heterocycles. The quantitative estimate of drug-likeness (QED) is 0.351. The van der Waals surface area contributed by atoms with E-state index in [1.54, 1.807) is 35.5 Å². The molecule has 9 nitrogen and oxygen atoms in total. The van der Waals surface area contributed by atoms with Crippen molar-refractivity contribution in [2.24, 2.45) is 0 Å². The Morgan fingerprint density at radius 3 is 2.49 bits per heavy atom. The highest BCUT2D eigenvalue weighted by atomic mass is 32.2. The molecule has 5 rings (SSSR count). The number of alkyl halides is 2. The fourth-order valence-electron chi connectivity index (χ4n) is 3.84. The zero-order valence-corrected chi connectivity index (χ0v) is 20.9. The monoisotopic (exact) mass is 531 g/mol. The molecule has 1 aromatic carbocycles. The van der Waals surface area contributed by atoms with Crippen LogP contribution in [0.2, 0.25) is 0 Å². The molecular weight excluding hydrogens is 504 g/mol. The summed E-state index contributed by atoms with van der Waals surface area (Å²) < 4.78 is 53.8. The molecular formula is C25H27F2N5O4S. The first-order valence-corrected chi connectivity index (χ1v) is 13.4. The predicted molar refractivity (Wildman–Crippen MR) is 136 cm³/mol. The predicted octanol–water partition coefficient (Wildman–Crippen LogP) is 3.89. The first-order chi connectivity index (χ1) is 17.4. The van der Waals surface area contributed by atoms with E-state index in [-0.39, 0.29) is 19.0 Å². The standard InChI is InChI=1S/C24H23F2N5O.CH4O3S/c25-24(26)15-30(16-24)13-17-1-4-20(5-2-17)29-23(32)8-3-18-11-27-10-9-22(18)19-12-28-31(14-19)21-6-7-21;1-5(2,3)4/h1-5,8-12,14,21H,6-7,13,15-16H2,(H,29,32);1H3,(H,2,3,4). The maximum absolute atomic E-state index is 12.9. The van der Waals surface area contributed by atoms with Crippen LogP contribution >= 0.6 is 0 Å². The highest BCUT2D eigenvalue weighted by Gasteiger charge is 2.43. The van der Waals surface area contributed by atoms with Gasteiger partial charge in [0.2, 0.25) is 5.91 Å². The Labute approximate surface area is 213 Å². The Kier molecular flexibility index (Phi) is 7.81. The molecule has 1 saturated heterocycles. The molecule has 0 spiro atoms. The molecule has 196 valence electrons. The van der Waals surface area contributed by atoms with Crippen molar-refractivity contribution in [3.05, 3.63) is 72.3 Å². The molecule has 2 N–H and O–H groups in total. The number of likely N-dealkylation sites (tertiary alicyclic amines) is 1. The summed E-state index contributed by atoms with van der Waals surface area (Å²) in [7, 11) is -3.67. The van der Waals surface area contributed by atoms with E-state index in [4.69, 9.17) is 4.55 Å². The number of carbonyl (C=O) groups is 1. The summed E-state index contributed by atoms with van der Waals surface area (Å²) in [4.78, 5) is 18.3. The Bertz CT molecular complexity index is 1370. The Morgan fingerprint density at radius 2 is 1.86 bits per heavy atom. The van der Waals surface area contributed by atoms with E-state index in [1.807, 2.05) is 35.3 Å². The van der Waals surface area contributed by atoms with Gasteiger partial charge >= 0.3 is 0 Å². The average Bonchev–Trinajstić information content (AvgIpc) is 3.54. The maximum Gasteiger partial charge on any atom is 0.272 e. The number of halogens is 2. The number of amides is 1. The summed E-state index contributed by atoms with van der Waals surface area (Å²) in [5.74, 6) is -2.82. The molecule has 0 atom stereocenters. The number of nitrogens with zero attached hydrogens (tertiary/aromatic N) is 4. The van der Waals surface area contributed by atoms with Crippen LogP contribution < -0.4 is 5.32 Å². The minimum atomic E-state index is -3.67. The fourth-order valence-corrected chi connectivity index (χ4v) is 3.84. The molecule has 1 amide bonds. The number of hydrogen-bond acceptors (Lipinski definition) is 6. The smallest absolute Gasteiger partial charge is 0.272 e. The van der Waals surface area contributed by atoms with E-state index in [0.29, 0.717) is 24.5 Å². The summed E-state index contributed by atoms with van der Waals surface area (Å²) in [6.07, 6.45) is 13.6. The third-order valence-corrected chi connectivity index (χ3v) is 5.64. The van der Waals surface area contributed by atoms with Crippen molar-refractivity contribution in [3.63, 3.8) is 0 Å². The molecule has 3 heterocycles. The second-order valence-corrected chi connectivity index (χ2v) is 10.6. The lowest BCUT2D eigenvalue weighted by atomic mass is 10.0. The molecule has 2 aliphatic rings. The summed E-state index contributed by atoms with van der Waals surface area (Å²) in [5, 5.41) is 7.26. The van der Waals surface area contributed by atoms with Gasteiger partial charge in [0.1, 0.15) is 0 Å². The number of nitrogens with one attached hydrogen (secondary N) is 1. The van der Waals surface area contributed by atoms with Crippen molar-refractivity contribution in [1.82, 2.24) is 19.7 Å². The molecule has 0 unspecified atom stereocenters.